The van der Waals surface area contributed by atoms with Crippen molar-refractivity contribution < 1.29 is 4.79 Å². The van der Waals surface area contributed by atoms with Crippen LogP contribution in [0.15, 0.2) is 41.2 Å². The van der Waals surface area contributed by atoms with Crippen LogP contribution in [0.3, 0.4) is 0 Å². The van der Waals surface area contributed by atoms with E-state index in [1.807, 2.05) is 39.0 Å². The zero-order chi connectivity index (χ0) is 22.7. The van der Waals surface area contributed by atoms with Crippen LogP contribution < -0.4 is 10.9 Å². The number of benzene rings is 2. The molecule has 31 heavy (non-hydrogen) atoms. The molecule has 0 saturated carbocycles. The second-order valence-electron chi connectivity index (χ2n) is 7.92. The van der Waals surface area contributed by atoms with Gasteiger partial charge in [0.15, 0.2) is 0 Å². The Morgan fingerprint density at radius 1 is 1.23 bits per heavy atom. The van der Waals surface area contributed by atoms with Gasteiger partial charge in [0.05, 0.1) is 16.9 Å². The summed E-state index contributed by atoms with van der Waals surface area (Å²) in [6.07, 6.45) is 1.79. The van der Waals surface area contributed by atoms with E-state index in [-0.39, 0.29) is 11.6 Å². The van der Waals surface area contributed by atoms with Gasteiger partial charge in [-0.05, 0) is 56.5 Å². The molecule has 0 spiro atoms. The molecule has 0 bridgehead atoms. The van der Waals surface area contributed by atoms with Crippen molar-refractivity contribution in [3.05, 3.63) is 68.7 Å². The van der Waals surface area contributed by atoms with Gasteiger partial charge in [-0.15, -0.1) is 0 Å². The van der Waals surface area contributed by atoms with Gasteiger partial charge in [-0.2, -0.15) is 0 Å². The molecular weight excluding hydrogens is 412 g/mol. The van der Waals surface area contributed by atoms with Crippen LogP contribution in [0.4, 0.5) is 10.5 Å². The molecule has 1 aromatic heterocycles. The van der Waals surface area contributed by atoms with Crippen LogP contribution in [-0.4, -0.2) is 27.0 Å². The van der Waals surface area contributed by atoms with Crippen molar-refractivity contribution in [2.45, 2.75) is 46.6 Å². The SMILES string of the molecule is CCCCN(C(=O)Nc1c(C)cccc1C)C(C)c1nc2cc(Cl)ccc2c(=O)n1C. The number of anilines is 1. The molecule has 3 rings (SSSR count). The average molecular weight is 441 g/mol. The maximum Gasteiger partial charge on any atom is 0.322 e. The lowest BCUT2D eigenvalue weighted by Crippen LogP contribution is -2.40. The maximum atomic E-state index is 13.3. The lowest BCUT2D eigenvalue weighted by atomic mass is 10.1. The third-order valence-corrected chi connectivity index (χ3v) is 5.88. The van der Waals surface area contributed by atoms with Gasteiger partial charge in [-0.1, -0.05) is 43.1 Å². The van der Waals surface area contributed by atoms with Crippen molar-refractivity contribution in [2.75, 3.05) is 11.9 Å². The Morgan fingerprint density at radius 3 is 2.55 bits per heavy atom. The largest absolute Gasteiger partial charge is 0.322 e. The number of nitrogens with zero attached hydrogens (tertiary/aromatic N) is 3. The number of halogens is 1. The number of carbonyl (C=O) groups excluding carboxylic acids is 1. The number of carbonyl (C=O) groups is 1. The molecule has 3 aromatic rings. The number of hydrogen-bond acceptors (Lipinski definition) is 3. The number of fused-ring (bicyclic) bond motifs is 1. The van der Waals surface area contributed by atoms with Crippen LogP contribution in [0.1, 0.15) is 49.7 Å². The Balaban J connectivity index is 2.01. The Morgan fingerprint density at radius 2 is 1.90 bits per heavy atom. The van der Waals surface area contributed by atoms with Crippen LogP contribution in [0.25, 0.3) is 10.9 Å². The highest BCUT2D eigenvalue weighted by Gasteiger charge is 2.26. The molecule has 2 aromatic carbocycles. The molecule has 6 nitrogen and oxygen atoms in total. The van der Waals surface area contributed by atoms with E-state index in [1.54, 1.807) is 30.1 Å². The fraction of sp³-hybridized carbons (Fsp3) is 0.375. The highest BCUT2D eigenvalue weighted by molar-refractivity contribution is 6.31. The Bertz CT molecular complexity index is 1150. The van der Waals surface area contributed by atoms with Crippen molar-refractivity contribution in [2.24, 2.45) is 7.05 Å². The minimum atomic E-state index is -0.406. The minimum Gasteiger partial charge on any atom is -0.315 e. The first kappa shape index (κ1) is 22.8. The van der Waals surface area contributed by atoms with Gasteiger partial charge >= 0.3 is 6.03 Å². The van der Waals surface area contributed by atoms with Gasteiger partial charge in [0.1, 0.15) is 5.82 Å². The second-order valence-corrected chi connectivity index (χ2v) is 8.35. The van der Waals surface area contributed by atoms with Crippen LogP contribution in [-0.2, 0) is 7.05 Å². The van der Waals surface area contributed by atoms with Gasteiger partial charge in [-0.25, -0.2) is 9.78 Å². The molecule has 1 heterocycles. The average Bonchev–Trinajstić information content (AvgIpc) is 2.73. The Hall–Kier alpha value is -2.86. The first-order chi connectivity index (χ1) is 14.7. The monoisotopic (exact) mass is 440 g/mol. The first-order valence-electron chi connectivity index (χ1n) is 10.5. The molecule has 0 fully saturated rings. The number of hydrogen-bond donors (Lipinski definition) is 1. The number of urea groups is 1. The van der Waals surface area contributed by atoms with E-state index in [0.29, 0.717) is 28.3 Å². The van der Waals surface area contributed by atoms with E-state index >= 15 is 0 Å². The van der Waals surface area contributed by atoms with Gasteiger partial charge in [0.25, 0.3) is 5.56 Å². The molecule has 0 saturated heterocycles. The molecule has 2 amide bonds. The predicted octanol–water partition coefficient (Wildman–Crippen LogP) is 5.60. The molecule has 0 aliphatic carbocycles. The molecule has 164 valence electrons. The van der Waals surface area contributed by atoms with Gasteiger partial charge in [0.2, 0.25) is 0 Å². The molecule has 0 aliphatic heterocycles. The zero-order valence-corrected chi connectivity index (χ0v) is 19.5. The summed E-state index contributed by atoms with van der Waals surface area (Å²) in [6, 6.07) is 10.3. The molecule has 1 unspecified atom stereocenters. The quantitative estimate of drug-likeness (QED) is 0.542. The molecule has 0 aliphatic rings. The summed E-state index contributed by atoms with van der Waals surface area (Å²) in [7, 11) is 1.69. The molecular formula is C24H29ClN4O2. The number of aryl methyl sites for hydroxylation is 2. The van der Waals surface area contributed by atoms with Crippen molar-refractivity contribution in [1.82, 2.24) is 14.5 Å². The Labute approximate surface area is 187 Å². The standard InChI is InChI=1S/C24H29ClN4O2/c1-6-7-13-29(24(31)27-21-15(2)9-8-10-16(21)3)17(4)22-26-20-14-18(25)11-12-19(20)23(30)28(22)5/h8-12,14,17H,6-7,13H2,1-5H3,(H,27,31). The summed E-state index contributed by atoms with van der Waals surface area (Å²) in [4.78, 5) is 32.7. The molecule has 1 atom stereocenters. The van der Waals surface area contributed by atoms with E-state index in [1.165, 1.54) is 4.57 Å². The predicted molar refractivity (Wildman–Crippen MR) is 127 cm³/mol. The number of amides is 2. The lowest BCUT2D eigenvalue weighted by Gasteiger charge is -2.30. The van der Waals surface area contributed by atoms with Crippen molar-refractivity contribution in [3.63, 3.8) is 0 Å². The number of nitrogens with one attached hydrogen (secondary N) is 1. The van der Waals surface area contributed by atoms with Gasteiger partial charge in [0, 0.05) is 24.3 Å². The topological polar surface area (TPSA) is 67.2 Å². The van der Waals surface area contributed by atoms with Crippen molar-refractivity contribution >= 4 is 34.2 Å². The molecule has 7 heteroatoms. The van der Waals surface area contributed by atoms with E-state index in [9.17, 15) is 9.59 Å². The third kappa shape index (κ3) is 4.74. The van der Waals surface area contributed by atoms with Crippen LogP contribution >= 0.6 is 11.6 Å². The van der Waals surface area contributed by atoms with Gasteiger partial charge in [-0.3, -0.25) is 9.36 Å². The second kappa shape index (κ2) is 9.52. The summed E-state index contributed by atoms with van der Waals surface area (Å²) >= 11 is 6.12. The van der Waals surface area contributed by atoms with Crippen molar-refractivity contribution in [3.8, 4) is 0 Å². The van der Waals surface area contributed by atoms with Crippen molar-refractivity contribution in [1.29, 1.82) is 0 Å². The third-order valence-electron chi connectivity index (χ3n) is 5.64. The number of aromatic nitrogens is 2. The van der Waals surface area contributed by atoms with E-state index in [4.69, 9.17) is 16.6 Å². The first-order valence-corrected chi connectivity index (χ1v) is 10.9. The minimum absolute atomic E-state index is 0.158. The number of rotatable bonds is 6. The van der Waals surface area contributed by atoms with E-state index in [2.05, 4.69) is 12.2 Å². The fourth-order valence-corrected chi connectivity index (χ4v) is 3.93. The normalized spacial score (nSPS) is 12.1. The zero-order valence-electron chi connectivity index (χ0n) is 18.7. The Kier molecular flexibility index (Phi) is 7.01. The molecule has 1 N–H and O–H groups in total. The smallest absolute Gasteiger partial charge is 0.315 e. The fourth-order valence-electron chi connectivity index (χ4n) is 3.76. The lowest BCUT2D eigenvalue weighted by molar-refractivity contribution is 0.187. The van der Waals surface area contributed by atoms with E-state index in [0.717, 1.165) is 29.7 Å². The van der Waals surface area contributed by atoms with Crippen LogP contribution in [0.5, 0.6) is 0 Å². The van der Waals surface area contributed by atoms with Crippen LogP contribution in [0.2, 0.25) is 5.02 Å². The summed E-state index contributed by atoms with van der Waals surface area (Å²) in [6.45, 7) is 8.48. The summed E-state index contributed by atoms with van der Waals surface area (Å²) in [5.41, 5.74) is 3.19. The number of para-hydroxylation sites is 1. The number of unbranched alkanes of at least 4 members (excludes halogenated alkanes) is 1. The highest BCUT2D eigenvalue weighted by atomic mass is 35.5. The summed E-state index contributed by atoms with van der Waals surface area (Å²) in [5, 5.41) is 4.09. The van der Waals surface area contributed by atoms with Gasteiger partial charge < -0.3 is 10.2 Å². The maximum absolute atomic E-state index is 13.3. The van der Waals surface area contributed by atoms with Crippen LogP contribution in [0, 0.1) is 13.8 Å². The summed E-state index contributed by atoms with van der Waals surface area (Å²) in [5.74, 6) is 0.521. The summed E-state index contributed by atoms with van der Waals surface area (Å²) < 4.78 is 1.52. The molecule has 0 radical (unpaired) electrons. The van der Waals surface area contributed by atoms with E-state index < -0.39 is 6.04 Å². The highest BCUT2D eigenvalue weighted by Crippen LogP contribution is 2.25.